The molecule has 1 amide bonds. The summed E-state index contributed by atoms with van der Waals surface area (Å²) in [4.78, 5) is 34.7. The third-order valence-corrected chi connectivity index (χ3v) is 3.26. The number of rotatable bonds is 3. The molecule has 8 nitrogen and oxygen atoms in total. The molecular formula is C15H22N4O4. The molecule has 0 radical (unpaired) electrons. The van der Waals surface area contributed by atoms with Crippen molar-refractivity contribution in [3.8, 4) is 0 Å². The molecule has 1 saturated heterocycles. The second kappa shape index (κ2) is 6.80. The highest BCUT2D eigenvalue weighted by Gasteiger charge is 2.26. The fraction of sp³-hybridized carbons (Fsp3) is 0.600. The number of aromatic nitrogens is 2. The number of aliphatic carboxylic acids is 1. The Morgan fingerprint density at radius 3 is 2.22 bits per heavy atom. The Labute approximate surface area is 135 Å². The van der Waals surface area contributed by atoms with E-state index in [2.05, 4.69) is 9.97 Å². The van der Waals surface area contributed by atoms with Gasteiger partial charge in [0, 0.05) is 44.1 Å². The molecule has 0 saturated carbocycles. The largest absolute Gasteiger partial charge is 0.481 e. The Morgan fingerprint density at radius 2 is 1.74 bits per heavy atom. The zero-order valence-electron chi connectivity index (χ0n) is 13.7. The van der Waals surface area contributed by atoms with Gasteiger partial charge in [0.25, 0.3) is 0 Å². The van der Waals surface area contributed by atoms with E-state index >= 15 is 0 Å². The van der Waals surface area contributed by atoms with Crippen molar-refractivity contribution in [2.45, 2.75) is 32.8 Å². The van der Waals surface area contributed by atoms with Crippen molar-refractivity contribution in [3.63, 3.8) is 0 Å². The number of carboxylic acid groups (broad SMARTS) is 1. The van der Waals surface area contributed by atoms with Gasteiger partial charge in [-0.15, -0.1) is 0 Å². The molecule has 8 heteroatoms. The molecule has 126 valence electrons. The smallest absolute Gasteiger partial charge is 0.410 e. The summed E-state index contributed by atoms with van der Waals surface area (Å²) in [7, 11) is 0. The van der Waals surface area contributed by atoms with Gasteiger partial charge in [-0.2, -0.15) is 0 Å². The molecule has 0 atom stereocenters. The number of piperazine rings is 1. The maximum atomic E-state index is 12.0. The van der Waals surface area contributed by atoms with E-state index in [4.69, 9.17) is 9.84 Å². The minimum absolute atomic E-state index is 0.0906. The lowest BCUT2D eigenvalue weighted by molar-refractivity contribution is -0.136. The Hall–Kier alpha value is -2.38. The zero-order chi connectivity index (χ0) is 17.0. The third-order valence-electron chi connectivity index (χ3n) is 3.26. The van der Waals surface area contributed by atoms with Crippen LogP contribution in [0.15, 0.2) is 12.4 Å². The Morgan fingerprint density at radius 1 is 1.17 bits per heavy atom. The van der Waals surface area contributed by atoms with Gasteiger partial charge in [0.1, 0.15) is 5.60 Å². The molecule has 1 aliphatic heterocycles. The quantitative estimate of drug-likeness (QED) is 0.892. The molecule has 1 aromatic heterocycles. The van der Waals surface area contributed by atoms with Crippen LogP contribution in [0.25, 0.3) is 0 Å². The van der Waals surface area contributed by atoms with Gasteiger partial charge in [0.15, 0.2) is 0 Å². The number of hydrogen-bond acceptors (Lipinski definition) is 6. The highest BCUT2D eigenvalue weighted by atomic mass is 16.6. The summed E-state index contributed by atoms with van der Waals surface area (Å²) in [6, 6.07) is 0. The van der Waals surface area contributed by atoms with Gasteiger partial charge in [-0.05, 0) is 20.8 Å². The lowest BCUT2D eigenvalue weighted by Gasteiger charge is -2.35. The second-order valence-corrected chi connectivity index (χ2v) is 6.42. The standard InChI is InChI=1S/C15H22N4O4/c1-15(2,3)23-14(22)19-6-4-18(5-7-19)13-16-9-11(10-17-13)8-12(20)21/h9-10H,4-8H2,1-3H3,(H,20,21). The number of hydrogen-bond donors (Lipinski definition) is 1. The summed E-state index contributed by atoms with van der Waals surface area (Å²) < 4.78 is 5.35. The van der Waals surface area contributed by atoms with Crippen LogP contribution in [0.3, 0.4) is 0 Å². The van der Waals surface area contributed by atoms with Crippen LogP contribution in [-0.2, 0) is 16.0 Å². The predicted molar refractivity (Wildman–Crippen MR) is 83.4 cm³/mol. The van der Waals surface area contributed by atoms with E-state index in [0.29, 0.717) is 37.7 Å². The van der Waals surface area contributed by atoms with Crippen LogP contribution in [0.1, 0.15) is 26.3 Å². The molecule has 1 fully saturated rings. The van der Waals surface area contributed by atoms with Crippen molar-refractivity contribution in [1.29, 1.82) is 0 Å². The number of amides is 1. The molecule has 23 heavy (non-hydrogen) atoms. The van der Waals surface area contributed by atoms with E-state index in [1.54, 1.807) is 4.90 Å². The molecule has 1 N–H and O–H groups in total. The maximum absolute atomic E-state index is 12.0. The molecule has 0 spiro atoms. The molecule has 0 aromatic carbocycles. The first-order chi connectivity index (χ1) is 10.7. The Bertz CT molecular complexity index is 560. The maximum Gasteiger partial charge on any atom is 0.410 e. The average Bonchev–Trinajstić information content (AvgIpc) is 2.46. The van der Waals surface area contributed by atoms with Gasteiger partial charge in [0.2, 0.25) is 5.95 Å². The number of nitrogens with zero attached hydrogens (tertiary/aromatic N) is 4. The van der Waals surface area contributed by atoms with Crippen molar-refractivity contribution in [2.24, 2.45) is 0 Å². The normalized spacial score (nSPS) is 15.4. The molecule has 1 aromatic rings. The molecule has 1 aliphatic rings. The van der Waals surface area contributed by atoms with Gasteiger partial charge in [-0.1, -0.05) is 0 Å². The topological polar surface area (TPSA) is 95.9 Å². The van der Waals surface area contributed by atoms with Gasteiger partial charge in [-0.3, -0.25) is 4.79 Å². The van der Waals surface area contributed by atoms with Crippen LogP contribution >= 0.6 is 0 Å². The lowest BCUT2D eigenvalue weighted by atomic mass is 10.2. The van der Waals surface area contributed by atoms with Crippen LogP contribution in [0.2, 0.25) is 0 Å². The van der Waals surface area contributed by atoms with Crippen LogP contribution < -0.4 is 4.90 Å². The second-order valence-electron chi connectivity index (χ2n) is 6.42. The summed E-state index contributed by atoms with van der Waals surface area (Å²) in [5.41, 5.74) is 0.0609. The van der Waals surface area contributed by atoms with Crippen molar-refractivity contribution in [2.75, 3.05) is 31.1 Å². The third kappa shape index (κ3) is 5.08. The number of carbonyl (C=O) groups excluding carboxylic acids is 1. The highest BCUT2D eigenvalue weighted by Crippen LogP contribution is 2.14. The monoisotopic (exact) mass is 322 g/mol. The first-order valence-corrected chi connectivity index (χ1v) is 7.50. The summed E-state index contributed by atoms with van der Waals surface area (Å²) in [5, 5.41) is 8.73. The fourth-order valence-electron chi connectivity index (χ4n) is 2.19. The van der Waals surface area contributed by atoms with E-state index in [9.17, 15) is 9.59 Å². The van der Waals surface area contributed by atoms with Gasteiger partial charge >= 0.3 is 12.1 Å². The summed E-state index contributed by atoms with van der Waals surface area (Å²) in [5.74, 6) is -0.365. The molecule has 2 rings (SSSR count). The lowest BCUT2D eigenvalue weighted by Crippen LogP contribution is -2.50. The van der Waals surface area contributed by atoms with E-state index in [-0.39, 0.29) is 12.5 Å². The molecule has 2 heterocycles. The van der Waals surface area contributed by atoms with Crippen LogP contribution in [0.5, 0.6) is 0 Å². The Balaban J connectivity index is 1.89. The average molecular weight is 322 g/mol. The summed E-state index contributed by atoms with van der Waals surface area (Å²) in [6.45, 7) is 7.81. The minimum atomic E-state index is -0.910. The summed E-state index contributed by atoms with van der Waals surface area (Å²) in [6.07, 6.45) is 2.65. The van der Waals surface area contributed by atoms with Gasteiger partial charge in [0.05, 0.1) is 6.42 Å². The van der Waals surface area contributed by atoms with Crippen LogP contribution in [-0.4, -0.2) is 63.8 Å². The fourth-order valence-corrected chi connectivity index (χ4v) is 2.19. The van der Waals surface area contributed by atoms with Crippen molar-refractivity contribution < 1.29 is 19.4 Å². The predicted octanol–water partition coefficient (Wildman–Crippen LogP) is 1.16. The van der Waals surface area contributed by atoms with Gasteiger partial charge < -0.3 is 19.6 Å². The van der Waals surface area contributed by atoms with Crippen LogP contribution in [0, 0.1) is 0 Å². The minimum Gasteiger partial charge on any atom is -0.481 e. The number of carbonyl (C=O) groups is 2. The SMILES string of the molecule is CC(C)(C)OC(=O)N1CCN(c2ncc(CC(=O)O)cn2)CC1. The molecular weight excluding hydrogens is 300 g/mol. The van der Waals surface area contributed by atoms with E-state index < -0.39 is 11.6 Å². The van der Waals surface area contributed by atoms with Crippen molar-refractivity contribution in [1.82, 2.24) is 14.9 Å². The number of ether oxygens (including phenoxy) is 1. The highest BCUT2D eigenvalue weighted by molar-refractivity contribution is 5.70. The van der Waals surface area contributed by atoms with Crippen molar-refractivity contribution >= 4 is 18.0 Å². The zero-order valence-corrected chi connectivity index (χ0v) is 13.7. The number of carboxylic acids is 1. The molecule has 0 unspecified atom stereocenters. The summed E-state index contributed by atoms with van der Waals surface area (Å²) >= 11 is 0. The van der Waals surface area contributed by atoms with E-state index in [1.165, 1.54) is 12.4 Å². The molecule has 0 aliphatic carbocycles. The van der Waals surface area contributed by atoms with Crippen molar-refractivity contribution in [3.05, 3.63) is 18.0 Å². The molecule has 0 bridgehead atoms. The Kier molecular flexibility index (Phi) is 5.02. The first-order valence-electron chi connectivity index (χ1n) is 7.50. The van der Waals surface area contributed by atoms with Gasteiger partial charge in [-0.25, -0.2) is 14.8 Å². The van der Waals surface area contributed by atoms with E-state index in [1.807, 2.05) is 25.7 Å². The first kappa shape index (κ1) is 17.0. The van der Waals surface area contributed by atoms with E-state index in [0.717, 1.165) is 0 Å². The number of anilines is 1. The van der Waals surface area contributed by atoms with Crippen LogP contribution in [0.4, 0.5) is 10.7 Å².